The lowest BCUT2D eigenvalue weighted by atomic mass is 10.0. The first-order valence-corrected chi connectivity index (χ1v) is 7.08. The Morgan fingerprint density at radius 2 is 2.05 bits per heavy atom. The predicted molar refractivity (Wildman–Crippen MR) is 78.8 cm³/mol. The molecule has 21 heavy (non-hydrogen) atoms. The maximum absolute atomic E-state index is 11.5. The molecule has 0 spiro atoms. The average molecular weight is 295 g/mol. The van der Waals surface area contributed by atoms with Crippen LogP contribution in [-0.4, -0.2) is 34.4 Å². The van der Waals surface area contributed by atoms with Gasteiger partial charge in [-0.3, -0.25) is 0 Å². The third-order valence-corrected chi connectivity index (χ3v) is 3.44. The fourth-order valence-corrected chi connectivity index (χ4v) is 2.47. The summed E-state index contributed by atoms with van der Waals surface area (Å²) in [6.07, 6.45) is 6.90. The summed E-state index contributed by atoms with van der Waals surface area (Å²) in [4.78, 5) is 26.0. The number of hydrogen-bond acceptors (Lipinski definition) is 5. The molecule has 7 nitrogen and oxygen atoms in total. The number of hydrogen-bond donors (Lipinski definition) is 2. The van der Waals surface area contributed by atoms with Gasteiger partial charge in [-0.15, -0.1) is 4.91 Å². The topological polar surface area (TPSA) is 103 Å². The molecule has 0 atom stereocenters. The highest BCUT2D eigenvalue weighted by Gasteiger charge is 2.23. The standard InChI is InChI=1S/C14H20N2O2.HNO2/c1-2-3-6-11-7-8-15-13(12(11)14(17)18)16-9-4-5-10-16;2-1-3/h7-8H,2-6,9-10H2,1H3,(H,17,18);(H,2,3). The number of carboxylic acids is 1. The number of carbonyl (C=O) groups is 1. The number of anilines is 1. The first kappa shape index (κ1) is 16.9. The first-order chi connectivity index (χ1) is 10.2. The minimum Gasteiger partial charge on any atom is -0.478 e. The molecule has 1 aromatic rings. The Kier molecular flexibility index (Phi) is 7.14. The largest absolute Gasteiger partial charge is 0.478 e. The number of pyridine rings is 1. The number of aromatic nitrogens is 1. The van der Waals surface area contributed by atoms with E-state index in [1.165, 1.54) is 5.34 Å². The number of nitrogens with zero attached hydrogens (tertiary/aromatic N) is 3. The zero-order valence-corrected chi connectivity index (χ0v) is 12.2. The molecule has 2 rings (SSSR count). The zero-order chi connectivity index (χ0) is 15.7. The Balaban J connectivity index is 0.000000677. The van der Waals surface area contributed by atoms with E-state index in [2.05, 4.69) is 16.8 Å². The molecule has 0 saturated carbocycles. The van der Waals surface area contributed by atoms with Crippen LogP contribution in [-0.2, 0) is 6.42 Å². The van der Waals surface area contributed by atoms with Gasteiger partial charge in [0.25, 0.3) is 0 Å². The molecule has 0 aliphatic carbocycles. The van der Waals surface area contributed by atoms with Crippen molar-refractivity contribution in [2.75, 3.05) is 18.0 Å². The second-order valence-corrected chi connectivity index (χ2v) is 4.85. The Bertz CT molecular complexity index is 473. The van der Waals surface area contributed by atoms with Crippen molar-refractivity contribution >= 4 is 11.8 Å². The van der Waals surface area contributed by atoms with Crippen molar-refractivity contribution in [3.63, 3.8) is 0 Å². The molecule has 1 aliphatic rings. The molecule has 1 aromatic heterocycles. The number of unbranched alkanes of at least 4 members (excludes halogenated alkanes) is 1. The number of aromatic carboxylic acids is 1. The number of carboxylic acid groups (broad SMARTS) is 1. The van der Waals surface area contributed by atoms with Gasteiger partial charge in [-0.05, 0) is 37.3 Å². The monoisotopic (exact) mass is 295 g/mol. The van der Waals surface area contributed by atoms with Crippen LogP contribution in [0.15, 0.2) is 17.6 Å². The predicted octanol–water partition coefficient (Wildman–Crippen LogP) is 2.86. The van der Waals surface area contributed by atoms with Gasteiger partial charge in [-0.1, -0.05) is 13.3 Å². The van der Waals surface area contributed by atoms with E-state index in [4.69, 9.17) is 10.1 Å². The van der Waals surface area contributed by atoms with E-state index in [0.717, 1.165) is 50.8 Å². The van der Waals surface area contributed by atoms with Gasteiger partial charge in [0.2, 0.25) is 0 Å². The normalized spacial score (nSPS) is 13.5. The van der Waals surface area contributed by atoms with Crippen LogP contribution < -0.4 is 4.90 Å². The van der Waals surface area contributed by atoms with E-state index in [9.17, 15) is 9.90 Å². The summed E-state index contributed by atoms with van der Waals surface area (Å²) in [5.41, 5.74) is 1.33. The highest BCUT2D eigenvalue weighted by molar-refractivity contribution is 5.95. The third-order valence-electron chi connectivity index (χ3n) is 3.44. The summed E-state index contributed by atoms with van der Waals surface area (Å²) in [6.45, 7) is 3.96. The highest BCUT2D eigenvalue weighted by Crippen LogP contribution is 2.25. The fraction of sp³-hybridized carbons (Fsp3) is 0.571. The third kappa shape index (κ3) is 4.70. The molecule has 0 unspecified atom stereocenters. The van der Waals surface area contributed by atoms with Crippen molar-refractivity contribution in [3.8, 4) is 0 Å². The quantitative estimate of drug-likeness (QED) is 0.639. The second-order valence-electron chi connectivity index (χ2n) is 4.85. The minimum atomic E-state index is -0.851. The Hall–Kier alpha value is -2.18. The molecule has 1 aliphatic heterocycles. The lowest BCUT2D eigenvalue weighted by Crippen LogP contribution is -2.23. The lowest BCUT2D eigenvalue weighted by Gasteiger charge is -2.20. The molecule has 116 valence electrons. The summed E-state index contributed by atoms with van der Waals surface area (Å²) in [6, 6.07) is 1.85. The molecule has 0 radical (unpaired) electrons. The van der Waals surface area contributed by atoms with E-state index in [-0.39, 0.29) is 0 Å². The van der Waals surface area contributed by atoms with Crippen LogP contribution in [0.5, 0.6) is 0 Å². The molecule has 0 aromatic carbocycles. The van der Waals surface area contributed by atoms with Crippen LogP contribution in [0.2, 0.25) is 0 Å². The Labute approximate surface area is 123 Å². The van der Waals surface area contributed by atoms with E-state index in [1.807, 2.05) is 6.07 Å². The van der Waals surface area contributed by atoms with Crippen molar-refractivity contribution in [1.82, 2.24) is 4.98 Å². The molecule has 2 N–H and O–H groups in total. The van der Waals surface area contributed by atoms with Crippen molar-refractivity contribution in [2.24, 2.45) is 5.34 Å². The van der Waals surface area contributed by atoms with Crippen LogP contribution in [0.3, 0.4) is 0 Å². The smallest absolute Gasteiger partial charge is 0.339 e. The fourth-order valence-electron chi connectivity index (χ4n) is 2.47. The molecule has 1 saturated heterocycles. The second kappa shape index (κ2) is 8.89. The first-order valence-electron chi connectivity index (χ1n) is 7.08. The maximum Gasteiger partial charge on any atom is 0.339 e. The van der Waals surface area contributed by atoms with Crippen molar-refractivity contribution in [2.45, 2.75) is 39.0 Å². The summed E-state index contributed by atoms with van der Waals surface area (Å²) < 4.78 is 0. The summed E-state index contributed by atoms with van der Waals surface area (Å²) in [7, 11) is 0. The number of rotatable bonds is 5. The molecular weight excluding hydrogens is 274 g/mol. The van der Waals surface area contributed by atoms with Crippen LogP contribution in [0.25, 0.3) is 0 Å². The van der Waals surface area contributed by atoms with Crippen molar-refractivity contribution in [1.29, 1.82) is 0 Å². The Morgan fingerprint density at radius 3 is 2.57 bits per heavy atom. The lowest BCUT2D eigenvalue weighted by molar-refractivity contribution is 0.0696. The van der Waals surface area contributed by atoms with Gasteiger partial charge in [0.1, 0.15) is 11.4 Å². The van der Waals surface area contributed by atoms with Crippen LogP contribution in [0.1, 0.15) is 48.5 Å². The molecule has 2 heterocycles. The molecule has 0 amide bonds. The molecule has 1 fully saturated rings. The minimum absolute atomic E-state index is 0.410. The van der Waals surface area contributed by atoms with Gasteiger partial charge in [-0.25, -0.2) is 9.78 Å². The van der Waals surface area contributed by atoms with Crippen molar-refractivity contribution < 1.29 is 15.1 Å². The average Bonchev–Trinajstić information content (AvgIpc) is 2.99. The van der Waals surface area contributed by atoms with Crippen molar-refractivity contribution in [3.05, 3.63) is 28.3 Å². The summed E-state index contributed by atoms with van der Waals surface area (Å²) >= 11 is 0. The SMILES string of the molecule is CCCCc1ccnc(N2CCCC2)c1C(=O)O.O=NO. The van der Waals surface area contributed by atoms with Crippen LogP contribution >= 0.6 is 0 Å². The van der Waals surface area contributed by atoms with E-state index < -0.39 is 5.97 Å². The van der Waals surface area contributed by atoms with Gasteiger partial charge >= 0.3 is 5.97 Å². The van der Waals surface area contributed by atoms with E-state index in [0.29, 0.717) is 11.4 Å². The van der Waals surface area contributed by atoms with E-state index in [1.54, 1.807) is 6.20 Å². The maximum atomic E-state index is 11.5. The highest BCUT2D eigenvalue weighted by atomic mass is 16.6. The molecule has 7 heteroatoms. The van der Waals surface area contributed by atoms with Crippen LogP contribution in [0.4, 0.5) is 5.82 Å². The van der Waals surface area contributed by atoms with Gasteiger partial charge in [0.05, 0.1) is 0 Å². The van der Waals surface area contributed by atoms with Gasteiger partial charge in [-0.2, -0.15) is 0 Å². The van der Waals surface area contributed by atoms with Gasteiger partial charge in [0.15, 0.2) is 5.34 Å². The summed E-state index contributed by atoms with van der Waals surface area (Å²) in [5, 5.41) is 17.3. The number of aryl methyl sites for hydroxylation is 1. The van der Waals surface area contributed by atoms with Crippen LogP contribution in [0, 0.1) is 4.91 Å². The van der Waals surface area contributed by atoms with E-state index >= 15 is 0 Å². The Morgan fingerprint density at radius 1 is 1.43 bits per heavy atom. The van der Waals surface area contributed by atoms with Gasteiger partial charge in [0, 0.05) is 19.3 Å². The molecular formula is C14H21N3O4. The van der Waals surface area contributed by atoms with Gasteiger partial charge < -0.3 is 15.2 Å². The summed E-state index contributed by atoms with van der Waals surface area (Å²) in [5.74, 6) is -0.190. The molecule has 0 bridgehead atoms. The zero-order valence-electron chi connectivity index (χ0n) is 12.2.